The van der Waals surface area contributed by atoms with Gasteiger partial charge in [0, 0.05) is 27.7 Å². The molecule has 1 atom stereocenters. The SMILES string of the molecule is C[C@H](C(=O)NC1CCCCC1)N(Cc1cccc(Cl)c1)C(=O)Cc1c(Cl)cccc1Cl. The molecular weight excluding hydrogens is 455 g/mol. The highest BCUT2D eigenvalue weighted by Crippen LogP contribution is 2.26. The fourth-order valence-electron chi connectivity index (χ4n) is 3.94. The van der Waals surface area contributed by atoms with Gasteiger partial charge in [-0.15, -0.1) is 0 Å². The zero-order valence-electron chi connectivity index (χ0n) is 17.5. The minimum atomic E-state index is -0.644. The number of carbonyl (C=O) groups excluding carboxylic acids is 2. The van der Waals surface area contributed by atoms with Crippen molar-refractivity contribution in [2.45, 2.75) is 64.1 Å². The van der Waals surface area contributed by atoms with E-state index in [2.05, 4.69) is 5.32 Å². The maximum Gasteiger partial charge on any atom is 0.242 e. The van der Waals surface area contributed by atoms with Crippen molar-refractivity contribution in [3.8, 4) is 0 Å². The van der Waals surface area contributed by atoms with Crippen LogP contribution in [0.1, 0.15) is 50.2 Å². The third-order valence-corrected chi connectivity index (χ3v) is 6.69. The minimum absolute atomic E-state index is 0.0140. The molecule has 0 saturated heterocycles. The zero-order chi connectivity index (χ0) is 22.4. The predicted octanol–water partition coefficient (Wildman–Crippen LogP) is 6.06. The summed E-state index contributed by atoms with van der Waals surface area (Å²) in [6, 6.07) is 12.0. The summed E-state index contributed by atoms with van der Waals surface area (Å²) in [5.74, 6) is -0.367. The van der Waals surface area contributed by atoms with Crippen LogP contribution in [-0.2, 0) is 22.6 Å². The van der Waals surface area contributed by atoms with Crippen molar-refractivity contribution in [3.63, 3.8) is 0 Å². The second kappa shape index (κ2) is 11.2. The summed E-state index contributed by atoms with van der Waals surface area (Å²) in [6.07, 6.45) is 5.43. The molecule has 0 spiro atoms. The van der Waals surface area contributed by atoms with Crippen LogP contribution in [0.2, 0.25) is 15.1 Å². The predicted molar refractivity (Wildman–Crippen MR) is 127 cm³/mol. The third-order valence-electron chi connectivity index (χ3n) is 5.75. The lowest BCUT2D eigenvalue weighted by molar-refractivity contribution is -0.140. The molecule has 1 aliphatic carbocycles. The van der Waals surface area contributed by atoms with E-state index >= 15 is 0 Å². The Bertz CT molecular complexity index is 909. The third kappa shape index (κ3) is 6.61. The molecule has 0 aromatic heterocycles. The summed E-state index contributed by atoms with van der Waals surface area (Å²) in [5.41, 5.74) is 1.41. The highest BCUT2D eigenvalue weighted by atomic mass is 35.5. The Balaban J connectivity index is 1.80. The van der Waals surface area contributed by atoms with Gasteiger partial charge in [-0.2, -0.15) is 0 Å². The molecule has 2 aromatic carbocycles. The Morgan fingerprint density at radius 3 is 2.32 bits per heavy atom. The Kier molecular flexibility index (Phi) is 8.65. The van der Waals surface area contributed by atoms with Gasteiger partial charge in [-0.05, 0) is 55.2 Å². The highest BCUT2D eigenvalue weighted by molar-refractivity contribution is 6.36. The summed E-state index contributed by atoms with van der Waals surface area (Å²) < 4.78 is 0. The van der Waals surface area contributed by atoms with Crippen molar-refractivity contribution < 1.29 is 9.59 Å². The second-order valence-corrected chi connectivity index (χ2v) is 9.30. The summed E-state index contributed by atoms with van der Waals surface area (Å²) in [7, 11) is 0. The quantitative estimate of drug-likeness (QED) is 0.523. The largest absolute Gasteiger partial charge is 0.352 e. The lowest BCUT2D eigenvalue weighted by Crippen LogP contribution is -2.50. The first-order valence-electron chi connectivity index (χ1n) is 10.6. The highest BCUT2D eigenvalue weighted by Gasteiger charge is 2.29. The molecule has 0 bridgehead atoms. The van der Waals surface area contributed by atoms with Crippen molar-refractivity contribution in [2.24, 2.45) is 0 Å². The Morgan fingerprint density at radius 1 is 1.03 bits per heavy atom. The molecule has 166 valence electrons. The maximum atomic E-state index is 13.3. The van der Waals surface area contributed by atoms with E-state index < -0.39 is 6.04 Å². The average Bonchev–Trinajstić information content (AvgIpc) is 2.75. The fourth-order valence-corrected chi connectivity index (χ4v) is 4.68. The standard InChI is InChI=1S/C24H27Cl3N2O2/c1-16(24(31)28-19-9-3-2-4-10-19)29(15-17-7-5-8-18(25)13-17)23(30)14-20-21(26)11-6-12-22(20)27/h5-8,11-13,16,19H,2-4,9-10,14-15H2,1H3,(H,28,31)/t16-/m1/s1. The lowest BCUT2D eigenvalue weighted by Gasteiger charge is -2.31. The van der Waals surface area contributed by atoms with E-state index in [-0.39, 0.29) is 30.8 Å². The molecule has 2 aromatic rings. The molecular formula is C24H27Cl3N2O2. The van der Waals surface area contributed by atoms with E-state index in [1.807, 2.05) is 12.1 Å². The number of halogens is 3. The van der Waals surface area contributed by atoms with Gasteiger partial charge in [0.25, 0.3) is 0 Å². The number of nitrogens with one attached hydrogen (secondary N) is 1. The van der Waals surface area contributed by atoms with E-state index in [9.17, 15) is 9.59 Å². The first-order chi connectivity index (χ1) is 14.8. The van der Waals surface area contributed by atoms with Crippen LogP contribution >= 0.6 is 34.8 Å². The molecule has 4 nitrogen and oxygen atoms in total. The average molecular weight is 482 g/mol. The zero-order valence-corrected chi connectivity index (χ0v) is 19.8. The molecule has 1 N–H and O–H groups in total. The number of rotatable bonds is 7. The summed E-state index contributed by atoms with van der Waals surface area (Å²) >= 11 is 18.7. The van der Waals surface area contributed by atoms with E-state index in [0.29, 0.717) is 20.6 Å². The molecule has 1 aliphatic rings. The summed E-state index contributed by atoms with van der Waals surface area (Å²) in [5, 5.41) is 4.57. The van der Waals surface area contributed by atoms with Gasteiger partial charge >= 0.3 is 0 Å². The van der Waals surface area contributed by atoms with Crippen LogP contribution in [0.3, 0.4) is 0 Å². The fraction of sp³-hybridized carbons (Fsp3) is 0.417. The van der Waals surface area contributed by atoms with Crippen molar-refractivity contribution >= 4 is 46.6 Å². The van der Waals surface area contributed by atoms with Gasteiger partial charge in [-0.3, -0.25) is 9.59 Å². The van der Waals surface area contributed by atoms with Gasteiger partial charge in [0.15, 0.2) is 0 Å². The Morgan fingerprint density at radius 2 is 1.68 bits per heavy atom. The minimum Gasteiger partial charge on any atom is -0.352 e. The van der Waals surface area contributed by atoms with Crippen molar-refractivity contribution in [1.82, 2.24) is 10.2 Å². The number of nitrogens with zero attached hydrogens (tertiary/aromatic N) is 1. The molecule has 0 aliphatic heterocycles. The van der Waals surface area contributed by atoms with Crippen molar-refractivity contribution in [2.75, 3.05) is 0 Å². The van der Waals surface area contributed by atoms with Gasteiger partial charge in [0.05, 0.1) is 6.42 Å². The van der Waals surface area contributed by atoms with Crippen LogP contribution in [0.4, 0.5) is 0 Å². The van der Waals surface area contributed by atoms with Crippen LogP contribution in [0.15, 0.2) is 42.5 Å². The number of benzene rings is 2. The monoisotopic (exact) mass is 480 g/mol. The molecule has 1 fully saturated rings. The van der Waals surface area contributed by atoms with Crippen LogP contribution in [-0.4, -0.2) is 28.8 Å². The number of amides is 2. The van der Waals surface area contributed by atoms with E-state index in [1.54, 1.807) is 42.2 Å². The van der Waals surface area contributed by atoms with E-state index in [1.165, 1.54) is 6.42 Å². The molecule has 2 amide bonds. The number of hydrogen-bond donors (Lipinski definition) is 1. The topological polar surface area (TPSA) is 49.4 Å². The van der Waals surface area contributed by atoms with E-state index in [0.717, 1.165) is 31.2 Å². The maximum absolute atomic E-state index is 13.3. The van der Waals surface area contributed by atoms with Gasteiger partial charge in [-0.1, -0.05) is 72.3 Å². The molecule has 7 heteroatoms. The first kappa shape index (κ1) is 23.9. The Labute approximate surface area is 198 Å². The smallest absolute Gasteiger partial charge is 0.242 e. The lowest BCUT2D eigenvalue weighted by atomic mass is 9.95. The second-order valence-electron chi connectivity index (χ2n) is 8.05. The van der Waals surface area contributed by atoms with Gasteiger partial charge in [0.2, 0.25) is 11.8 Å². The number of hydrogen-bond acceptors (Lipinski definition) is 2. The van der Waals surface area contributed by atoms with Crippen LogP contribution in [0.5, 0.6) is 0 Å². The first-order valence-corrected chi connectivity index (χ1v) is 11.8. The van der Waals surface area contributed by atoms with Crippen LogP contribution < -0.4 is 5.32 Å². The molecule has 0 unspecified atom stereocenters. The van der Waals surface area contributed by atoms with Crippen molar-refractivity contribution in [1.29, 1.82) is 0 Å². The van der Waals surface area contributed by atoms with Gasteiger partial charge in [-0.25, -0.2) is 0 Å². The summed E-state index contributed by atoms with van der Waals surface area (Å²) in [4.78, 5) is 27.9. The van der Waals surface area contributed by atoms with Gasteiger partial charge in [0.1, 0.15) is 6.04 Å². The van der Waals surface area contributed by atoms with E-state index in [4.69, 9.17) is 34.8 Å². The van der Waals surface area contributed by atoms with Crippen LogP contribution in [0, 0.1) is 0 Å². The van der Waals surface area contributed by atoms with Crippen molar-refractivity contribution in [3.05, 3.63) is 68.7 Å². The number of carbonyl (C=O) groups is 2. The summed E-state index contributed by atoms with van der Waals surface area (Å²) in [6.45, 7) is 2.02. The van der Waals surface area contributed by atoms with Crippen LogP contribution in [0.25, 0.3) is 0 Å². The molecule has 0 radical (unpaired) electrons. The normalized spacial score (nSPS) is 15.4. The van der Waals surface area contributed by atoms with Gasteiger partial charge < -0.3 is 10.2 Å². The molecule has 1 saturated carbocycles. The molecule has 0 heterocycles. The molecule has 31 heavy (non-hydrogen) atoms. The Hall–Kier alpha value is -1.75. The molecule has 3 rings (SSSR count).